The highest BCUT2D eigenvalue weighted by molar-refractivity contribution is 5.79. The van der Waals surface area contributed by atoms with Crippen LogP contribution in [0, 0.1) is 0 Å². The number of ether oxygens (including phenoxy) is 2. The summed E-state index contributed by atoms with van der Waals surface area (Å²) in [7, 11) is 1.58. The Morgan fingerprint density at radius 1 is 1.22 bits per heavy atom. The van der Waals surface area contributed by atoms with E-state index in [0.29, 0.717) is 43.9 Å². The van der Waals surface area contributed by atoms with Crippen molar-refractivity contribution in [3.05, 3.63) is 64.7 Å². The maximum Gasteiger partial charge on any atom is 0.283 e. The molecule has 0 saturated heterocycles. The van der Waals surface area contributed by atoms with Crippen molar-refractivity contribution >= 4 is 5.57 Å². The largest absolute Gasteiger partial charge is 0.496 e. The van der Waals surface area contributed by atoms with Gasteiger partial charge in [-0.2, -0.15) is 0 Å². The Bertz CT molecular complexity index is 1110. The Morgan fingerprint density at radius 2 is 2.00 bits per heavy atom. The lowest BCUT2D eigenvalue weighted by Gasteiger charge is -2.43. The van der Waals surface area contributed by atoms with Crippen LogP contribution in [0.1, 0.15) is 49.4 Å². The summed E-state index contributed by atoms with van der Waals surface area (Å²) >= 11 is 0. The molecule has 2 aromatic carbocycles. The minimum atomic E-state index is -3.24. The molecule has 1 aliphatic heterocycles. The van der Waals surface area contributed by atoms with Gasteiger partial charge in [0, 0.05) is 18.2 Å². The van der Waals surface area contributed by atoms with E-state index >= 15 is 0 Å². The zero-order valence-electron chi connectivity index (χ0n) is 21.8. The fraction of sp³-hybridized carbons (Fsp3) is 0.517. The van der Waals surface area contributed by atoms with Crippen LogP contribution in [-0.2, 0) is 6.42 Å². The van der Waals surface area contributed by atoms with Gasteiger partial charge < -0.3 is 19.9 Å². The van der Waals surface area contributed by atoms with Crippen LogP contribution in [0.15, 0.2) is 48.0 Å². The van der Waals surface area contributed by atoms with Crippen molar-refractivity contribution in [3.63, 3.8) is 0 Å². The molecule has 1 aliphatic carbocycles. The fourth-order valence-electron chi connectivity index (χ4n) is 5.52. The molecular weight excluding hydrogens is 481 g/mol. The lowest BCUT2D eigenvalue weighted by Crippen LogP contribution is -2.48. The van der Waals surface area contributed by atoms with Gasteiger partial charge in [-0.05, 0) is 80.1 Å². The average Bonchev–Trinajstić information content (AvgIpc) is 3.25. The third-order valence-electron chi connectivity index (χ3n) is 7.24. The molecule has 8 heteroatoms. The molecule has 3 atom stereocenters. The van der Waals surface area contributed by atoms with E-state index in [1.165, 1.54) is 16.7 Å². The summed E-state index contributed by atoms with van der Waals surface area (Å²) in [6.07, 6.45) is 1.61. The summed E-state index contributed by atoms with van der Waals surface area (Å²) < 4.78 is 53.5. The van der Waals surface area contributed by atoms with Crippen LogP contribution in [-0.4, -0.2) is 68.1 Å². The van der Waals surface area contributed by atoms with E-state index in [0.717, 1.165) is 11.1 Å². The van der Waals surface area contributed by atoms with Gasteiger partial charge in [0.05, 0.1) is 26.4 Å². The second-order valence-corrected chi connectivity index (χ2v) is 10.1. The van der Waals surface area contributed by atoms with Crippen molar-refractivity contribution < 1.29 is 27.8 Å². The minimum absolute atomic E-state index is 0.175. The predicted octanol–water partition coefficient (Wildman–Crippen LogP) is 5.18. The molecule has 4 rings (SSSR count). The lowest BCUT2D eigenvalue weighted by molar-refractivity contribution is -0.0858. The SMILES string of the molecule is COc1ccc(O[C@@H](C)CNCCCF)cc1[C@@H]1C2=C(C[C@@H](C)N1CC(F)(F)CO)c1ccccc1C2. The van der Waals surface area contributed by atoms with Crippen LogP contribution in [0.25, 0.3) is 5.57 Å². The maximum absolute atomic E-state index is 14.6. The number of alkyl halides is 3. The number of nitrogens with zero attached hydrogens (tertiary/aromatic N) is 1. The molecule has 0 unspecified atom stereocenters. The third kappa shape index (κ3) is 6.13. The number of hydrogen-bond donors (Lipinski definition) is 2. The zero-order chi connectivity index (χ0) is 26.6. The van der Waals surface area contributed by atoms with Gasteiger partial charge >= 0.3 is 0 Å². The Labute approximate surface area is 217 Å². The van der Waals surface area contributed by atoms with Crippen molar-refractivity contribution in [1.82, 2.24) is 10.2 Å². The normalized spacial score (nSPS) is 20.5. The van der Waals surface area contributed by atoms with Crippen LogP contribution in [0.3, 0.4) is 0 Å². The van der Waals surface area contributed by atoms with Crippen molar-refractivity contribution in [2.24, 2.45) is 0 Å². The molecule has 5 nitrogen and oxygen atoms in total. The molecule has 202 valence electrons. The fourth-order valence-corrected chi connectivity index (χ4v) is 5.52. The van der Waals surface area contributed by atoms with Crippen molar-refractivity contribution in [2.75, 3.05) is 40.0 Å². The first kappa shape index (κ1) is 27.5. The van der Waals surface area contributed by atoms with E-state index in [9.17, 15) is 18.3 Å². The highest BCUT2D eigenvalue weighted by atomic mass is 19.3. The molecule has 37 heavy (non-hydrogen) atoms. The first-order valence-corrected chi connectivity index (χ1v) is 12.9. The lowest BCUT2D eigenvalue weighted by atomic mass is 9.84. The number of halogens is 3. The van der Waals surface area contributed by atoms with Gasteiger partial charge in [0.25, 0.3) is 5.92 Å². The number of aliphatic hydroxyl groups excluding tert-OH is 1. The Balaban J connectivity index is 1.72. The van der Waals surface area contributed by atoms with Gasteiger partial charge in [0.1, 0.15) is 24.2 Å². The number of benzene rings is 2. The number of fused-ring (bicyclic) bond motifs is 2. The Kier molecular flexibility index (Phi) is 8.82. The van der Waals surface area contributed by atoms with Gasteiger partial charge in [-0.25, -0.2) is 8.78 Å². The molecule has 0 bridgehead atoms. The van der Waals surface area contributed by atoms with Crippen LogP contribution >= 0.6 is 0 Å². The van der Waals surface area contributed by atoms with Gasteiger partial charge in [-0.1, -0.05) is 24.3 Å². The number of aliphatic hydroxyl groups is 1. The number of rotatable bonds is 12. The monoisotopic (exact) mass is 518 g/mol. The summed E-state index contributed by atoms with van der Waals surface area (Å²) in [4.78, 5) is 1.80. The van der Waals surface area contributed by atoms with E-state index in [2.05, 4.69) is 17.4 Å². The summed E-state index contributed by atoms with van der Waals surface area (Å²) in [6.45, 7) is 2.89. The second kappa shape index (κ2) is 11.9. The molecular formula is C29H37F3N2O3. The van der Waals surface area contributed by atoms with Crippen LogP contribution < -0.4 is 14.8 Å². The van der Waals surface area contributed by atoms with E-state index in [1.54, 1.807) is 12.0 Å². The molecule has 0 radical (unpaired) electrons. The molecule has 0 aromatic heterocycles. The third-order valence-corrected chi connectivity index (χ3v) is 7.24. The maximum atomic E-state index is 14.6. The summed E-state index contributed by atoms with van der Waals surface area (Å²) in [5.41, 5.74) is 5.43. The van der Waals surface area contributed by atoms with Crippen LogP contribution in [0.2, 0.25) is 0 Å². The first-order valence-electron chi connectivity index (χ1n) is 12.9. The van der Waals surface area contributed by atoms with E-state index < -0.39 is 25.1 Å². The molecule has 2 N–H and O–H groups in total. The van der Waals surface area contributed by atoms with Crippen molar-refractivity contribution in [2.45, 2.75) is 57.2 Å². The van der Waals surface area contributed by atoms with Crippen molar-refractivity contribution in [1.29, 1.82) is 0 Å². The molecule has 0 amide bonds. The number of hydrogen-bond acceptors (Lipinski definition) is 5. The predicted molar refractivity (Wildman–Crippen MR) is 139 cm³/mol. The highest BCUT2D eigenvalue weighted by Crippen LogP contribution is 2.51. The smallest absolute Gasteiger partial charge is 0.283 e. The quantitative estimate of drug-likeness (QED) is 0.379. The minimum Gasteiger partial charge on any atom is -0.496 e. The van der Waals surface area contributed by atoms with Gasteiger partial charge in [0.15, 0.2) is 0 Å². The topological polar surface area (TPSA) is 54.0 Å². The highest BCUT2D eigenvalue weighted by Gasteiger charge is 2.44. The molecule has 2 aliphatic rings. The van der Waals surface area contributed by atoms with Crippen LogP contribution in [0.5, 0.6) is 11.5 Å². The average molecular weight is 519 g/mol. The zero-order valence-corrected chi connectivity index (χ0v) is 21.8. The molecule has 0 spiro atoms. The van der Waals surface area contributed by atoms with E-state index in [-0.39, 0.29) is 18.8 Å². The molecule has 0 fully saturated rings. The van der Waals surface area contributed by atoms with Crippen LogP contribution in [0.4, 0.5) is 13.2 Å². The second-order valence-electron chi connectivity index (χ2n) is 10.1. The number of nitrogens with one attached hydrogen (secondary N) is 1. The molecule has 2 aromatic rings. The Hall–Kier alpha value is -2.55. The van der Waals surface area contributed by atoms with Gasteiger partial charge in [0.2, 0.25) is 0 Å². The summed E-state index contributed by atoms with van der Waals surface area (Å²) in [6, 6.07) is 13.1. The Morgan fingerprint density at radius 3 is 2.73 bits per heavy atom. The standard InChI is InChI=1S/C29H37F3N2O3/c1-19-13-24-23-8-5-4-7-21(23)14-25(24)28(34(19)17-29(31,32)18-35)26-15-22(9-10-27(26)36-3)37-20(2)16-33-12-6-11-30/h4-5,7-10,15,19-20,28,33,35H,6,11-14,16-18H2,1-3H3/t19-,20+,28+/m1/s1. The summed E-state index contributed by atoms with van der Waals surface area (Å²) in [5.74, 6) is -2.03. The first-order chi connectivity index (χ1) is 17.8. The van der Waals surface area contributed by atoms with Gasteiger partial charge in [-0.3, -0.25) is 9.29 Å². The summed E-state index contributed by atoms with van der Waals surface area (Å²) in [5, 5.41) is 12.6. The van der Waals surface area contributed by atoms with Crippen molar-refractivity contribution in [3.8, 4) is 11.5 Å². The van der Waals surface area contributed by atoms with E-state index in [1.807, 2.05) is 44.2 Å². The molecule has 0 saturated carbocycles. The van der Waals surface area contributed by atoms with Gasteiger partial charge in [-0.15, -0.1) is 0 Å². The van der Waals surface area contributed by atoms with E-state index in [4.69, 9.17) is 9.47 Å². The number of methoxy groups -OCH3 is 1. The molecule has 1 heterocycles.